The molecule has 2 aromatic rings. The largest absolute Gasteiger partial charge is 0.481 e. The fourth-order valence-electron chi connectivity index (χ4n) is 3.64. The Balaban J connectivity index is 2.07. The second-order valence-corrected chi connectivity index (χ2v) is 5.91. The number of hydrogen-bond donors (Lipinski definition) is 1. The predicted molar refractivity (Wildman–Crippen MR) is 83.5 cm³/mol. The van der Waals surface area contributed by atoms with Gasteiger partial charge in [0.05, 0.1) is 5.92 Å². The molecule has 0 heterocycles. The van der Waals surface area contributed by atoms with Crippen molar-refractivity contribution in [3.8, 4) is 0 Å². The van der Waals surface area contributed by atoms with E-state index in [2.05, 4.69) is 24.3 Å². The summed E-state index contributed by atoms with van der Waals surface area (Å²) in [6, 6.07) is 18.7. The van der Waals surface area contributed by atoms with Gasteiger partial charge in [0.25, 0.3) is 0 Å². The van der Waals surface area contributed by atoms with Crippen LogP contribution in [0, 0.1) is 5.92 Å². The first-order valence-electron chi connectivity index (χ1n) is 7.54. The fourth-order valence-corrected chi connectivity index (χ4v) is 3.64. The van der Waals surface area contributed by atoms with Crippen molar-refractivity contribution in [1.29, 1.82) is 0 Å². The van der Waals surface area contributed by atoms with Gasteiger partial charge in [-0.3, -0.25) is 4.79 Å². The lowest BCUT2D eigenvalue weighted by Gasteiger charge is -2.36. The second-order valence-electron chi connectivity index (χ2n) is 5.91. The van der Waals surface area contributed by atoms with Crippen LogP contribution >= 0.6 is 0 Å². The summed E-state index contributed by atoms with van der Waals surface area (Å²) in [6.07, 6.45) is 2.04. The summed E-state index contributed by atoms with van der Waals surface area (Å²) in [6.45, 7) is 1.84. The molecule has 0 unspecified atom stereocenters. The predicted octanol–water partition coefficient (Wildman–Crippen LogP) is 4.22. The molecule has 0 aliphatic heterocycles. The lowest BCUT2D eigenvalue weighted by molar-refractivity contribution is -0.142. The van der Waals surface area contributed by atoms with Crippen LogP contribution in [0.4, 0.5) is 0 Å². The molecule has 0 spiro atoms. The maximum atomic E-state index is 11.6. The van der Waals surface area contributed by atoms with Gasteiger partial charge in [-0.15, -0.1) is 0 Å². The Morgan fingerprint density at radius 3 is 2.48 bits per heavy atom. The number of rotatable bonds is 3. The van der Waals surface area contributed by atoms with E-state index in [4.69, 9.17) is 0 Å². The topological polar surface area (TPSA) is 37.3 Å². The quantitative estimate of drug-likeness (QED) is 0.914. The Bertz CT molecular complexity index is 633. The van der Waals surface area contributed by atoms with Crippen molar-refractivity contribution in [2.24, 2.45) is 5.92 Å². The van der Waals surface area contributed by atoms with E-state index in [0.29, 0.717) is 0 Å². The molecule has 0 aromatic heterocycles. The van der Waals surface area contributed by atoms with E-state index in [0.717, 1.165) is 12.8 Å². The molecule has 0 fully saturated rings. The number of carboxylic acid groups (broad SMARTS) is 1. The Morgan fingerprint density at radius 1 is 1.10 bits per heavy atom. The molecule has 1 N–H and O–H groups in total. The standard InChI is InChI=1S/C19H20O2/c1-13(19(20)21)18-16-10-6-5-9-15(16)11-12-17(18)14-7-3-2-4-8-14/h2-10,13,17-18H,11-12H2,1H3,(H,20,21)/t13-,17-,18-/m1/s1. The number of benzene rings is 2. The third-order valence-electron chi connectivity index (χ3n) is 4.73. The number of fused-ring (bicyclic) bond motifs is 1. The van der Waals surface area contributed by atoms with Gasteiger partial charge in [-0.25, -0.2) is 0 Å². The van der Waals surface area contributed by atoms with Gasteiger partial charge in [-0.05, 0) is 35.4 Å². The normalized spacial score (nSPS) is 22.3. The number of aliphatic carboxylic acids is 1. The van der Waals surface area contributed by atoms with Crippen LogP contribution in [0.25, 0.3) is 0 Å². The first-order valence-corrected chi connectivity index (χ1v) is 7.54. The van der Waals surface area contributed by atoms with Gasteiger partial charge < -0.3 is 5.11 Å². The van der Waals surface area contributed by atoms with Crippen LogP contribution in [0.2, 0.25) is 0 Å². The van der Waals surface area contributed by atoms with Crippen LogP contribution in [0.5, 0.6) is 0 Å². The van der Waals surface area contributed by atoms with Crippen molar-refractivity contribution in [3.63, 3.8) is 0 Å². The molecule has 2 nitrogen and oxygen atoms in total. The Hall–Kier alpha value is -2.09. The molecule has 0 saturated carbocycles. The molecule has 1 aliphatic carbocycles. The minimum atomic E-state index is -0.711. The minimum Gasteiger partial charge on any atom is -0.481 e. The number of hydrogen-bond acceptors (Lipinski definition) is 1. The Kier molecular flexibility index (Phi) is 3.78. The van der Waals surface area contributed by atoms with Crippen LogP contribution < -0.4 is 0 Å². The molecular formula is C19H20O2. The Morgan fingerprint density at radius 2 is 1.76 bits per heavy atom. The molecule has 0 bridgehead atoms. The molecule has 0 amide bonds. The van der Waals surface area contributed by atoms with E-state index in [1.54, 1.807) is 0 Å². The van der Waals surface area contributed by atoms with Crippen molar-refractivity contribution in [1.82, 2.24) is 0 Å². The zero-order chi connectivity index (χ0) is 14.8. The zero-order valence-corrected chi connectivity index (χ0v) is 12.2. The van der Waals surface area contributed by atoms with Gasteiger partial charge in [0.15, 0.2) is 0 Å². The number of carboxylic acids is 1. The summed E-state index contributed by atoms with van der Waals surface area (Å²) in [5.41, 5.74) is 3.78. The highest BCUT2D eigenvalue weighted by molar-refractivity contribution is 5.71. The van der Waals surface area contributed by atoms with Gasteiger partial charge in [-0.2, -0.15) is 0 Å². The molecule has 108 valence electrons. The van der Waals surface area contributed by atoms with E-state index < -0.39 is 5.97 Å². The summed E-state index contributed by atoms with van der Waals surface area (Å²) in [4.78, 5) is 11.6. The third kappa shape index (κ3) is 2.58. The SMILES string of the molecule is C[C@@H](C(=O)O)[C@@H]1c2ccccc2CC[C@@H]1c1ccccc1. The number of carbonyl (C=O) groups is 1. The van der Waals surface area contributed by atoms with Crippen molar-refractivity contribution < 1.29 is 9.90 Å². The van der Waals surface area contributed by atoms with Gasteiger partial charge in [-0.1, -0.05) is 61.5 Å². The van der Waals surface area contributed by atoms with E-state index in [1.807, 2.05) is 37.3 Å². The van der Waals surface area contributed by atoms with Crippen molar-refractivity contribution >= 4 is 5.97 Å². The van der Waals surface area contributed by atoms with Gasteiger partial charge >= 0.3 is 5.97 Å². The highest BCUT2D eigenvalue weighted by atomic mass is 16.4. The van der Waals surface area contributed by atoms with Crippen LogP contribution in [0.1, 0.15) is 41.9 Å². The van der Waals surface area contributed by atoms with E-state index in [1.165, 1.54) is 16.7 Å². The van der Waals surface area contributed by atoms with Crippen LogP contribution in [0.3, 0.4) is 0 Å². The third-order valence-corrected chi connectivity index (χ3v) is 4.73. The lowest BCUT2D eigenvalue weighted by atomic mass is 9.67. The smallest absolute Gasteiger partial charge is 0.306 e. The molecule has 2 aromatic carbocycles. The summed E-state index contributed by atoms with van der Waals surface area (Å²) in [7, 11) is 0. The molecule has 1 aliphatic rings. The molecule has 3 rings (SSSR count). The maximum Gasteiger partial charge on any atom is 0.306 e. The lowest BCUT2D eigenvalue weighted by Crippen LogP contribution is -2.28. The second kappa shape index (κ2) is 5.72. The van der Waals surface area contributed by atoms with Crippen LogP contribution in [-0.4, -0.2) is 11.1 Å². The van der Waals surface area contributed by atoms with Crippen molar-refractivity contribution in [2.75, 3.05) is 0 Å². The van der Waals surface area contributed by atoms with Crippen LogP contribution in [-0.2, 0) is 11.2 Å². The Labute approximate surface area is 125 Å². The molecule has 0 radical (unpaired) electrons. The maximum absolute atomic E-state index is 11.6. The van der Waals surface area contributed by atoms with Crippen molar-refractivity contribution in [2.45, 2.75) is 31.6 Å². The van der Waals surface area contributed by atoms with E-state index in [-0.39, 0.29) is 17.8 Å². The van der Waals surface area contributed by atoms with Crippen LogP contribution in [0.15, 0.2) is 54.6 Å². The molecule has 3 atom stereocenters. The summed E-state index contributed by atoms with van der Waals surface area (Å²) in [5.74, 6) is -0.753. The fraction of sp³-hybridized carbons (Fsp3) is 0.316. The minimum absolute atomic E-state index is 0.0508. The van der Waals surface area contributed by atoms with Crippen molar-refractivity contribution in [3.05, 3.63) is 71.3 Å². The molecule has 21 heavy (non-hydrogen) atoms. The van der Waals surface area contributed by atoms with Gasteiger partial charge in [0.1, 0.15) is 0 Å². The number of aryl methyl sites for hydroxylation is 1. The zero-order valence-electron chi connectivity index (χ0n) is 12.2. The summed E-state index contributed by atoms with van der Waals surface area (Å²) < 4.78 is 0. The molecule has 0 saturated heterocycles. The van der Waals surface area contributed by atoms with E-state index >= 15 is 0 Å². The first kappa shape index (κ1) is 13.9. The molecule has 2 heteroatoms. The van der Waals surface area contributed by atoms with Gasteiger partial charge in [0, 0.05) is 5.92 Å². The monoisotopic (exact) mass is 280 g/mol. The summed E-state index contributed by atoms with van der Waals surface area (Å²) >= 11 is 0. The average molecular weight is 280 g/mol. The van der Waals surface area contributed by atoms with E-state index in [9.17, 15) is 9.90 Å². The molecular weight excluding hydrogens is 260 g/mol. The highest BCUT2D eigenvalue weighted by Gasteiger charge is 2.36. The average Bonchev–Trinajstić information content (AvgIpc) is 2.53. The van der Waals surface area contributed by atoms with Gasteiger partial charge in [0.2, 0.25) is 0 Å². The first-order chi connectivity index (χ1) is 10.2. The highest BCUT2D eigenvalue weighted by Crippen LogP contribution is 2.46. The summed E-state index contributed by atoms with van der Waals surface area (Å²) in [5, 5.41) is 9.52.